The summed E-state index contributed by atoms with van der Waals surface area (Å²) in [4.78, 5) is 11.9. The van der Waals surface area contributed by atoms with Crippen molar-refractivity contribution in [3.63, 3.8) is 0 Å². The van der Waals surface area contributed by atoms with Crippen molar-refractivity contribution < 1.29 is 39.9 Å². The molecule has 2 aromatic rings. The number of hydrogen-bond donors (Lipinski definition) is 2. The van der Waals surface area contributed by atoms with Crippen LogP contribution in [0.4, 0.5) is 39.9 Å². The molecule has 0 unspecified atom stereocenters. The van der Waals surface area contributed by atoms with E-state index in [1.807, 2.05) is 5.32 Å². The van der Waals surface area contributed by atoms with Gasteiger partial charge >= 0.3 is 18.4 Å². The number of carbonyl (C=O) groups excluding carboxylic acids is 1. The maximum Gasteiger partial charge on any atom is 0.419 e. The van der Waals surface area contributed by atoms with E-state index < -0.39 is 53.7 Å². The molecule has 2 amide bonds. The molecule has 4 nitrogen and oxygen atoms in total. The van der Waals surface area contributed by atoms with E-state index in [9.17, 15) is 39.9 Å². The topological polar surface area (TPSA) is 64.9 Å². The number of urea groups is 1. The molecule has 12 heteroatoms. The van der Waals surface area contributed by atoms with E-state index >= 15 is 0 Å². The maximum absolute atomic E-state index is 13.8. The van der Waals surface area contributed by atoms with E-state index in [4.69, 9.17) is 5.26 Å². The van der Waals surface area contributed by atoms with Crippen molar-refractivity contribution in [3.8, 4) is 6.07 Å². The first-order valence-corrected chi connectivity index (χ1v) is 7.98. The van der Waals surface area contributed by atoms with Crippen LogP contribution in [0.5, 0.6) is 0 Å². The molecule has 0 aliphatic carbocycles. The Hall–Kier alpha value is -3.36. The quantitative estimate of drug-likeness (QED) is 0.675. The molecule has 160 valence electrons. The van der Waals surface area contributed by atoms with Crippen LogP contribution in [0.3, 0.4) is 0 Å². The first kappa shape index (κ1) is 22.9. The van der Waals surface area contributed by atoms with Crippen LogP contribution in [-0.4, -0.2) is 18.8 Å². The van der Waals surface area contributed by atoms with Crippen LogP contribution in [0.1, 0.15) is 28.3 Å². The van der Waals surface area contributed by atoms with Gasteiger partial charge in [0.1, 0.15) is 18.2 Å². The van der Waals surface area contributed by atoms with E-state index in [1.54, 1.807) is 6.07 Å². The van der Waals surface area contributed by atoms with Gasteiger partial charge in [-0.25, -0.2) is 13.6 Å². The van der Waals surface area contributed by atoms with Crippen molar-refractivity contribution in [2.45, 2.75) is 18.4 Å². The highest BCUT2D eigenvalue weighted by molar-refractivity contribution is 5.75. The number of halogens is 8. The lowest BCUT2D eigenvalue weighted by Crippen LogP contribution is -2.42. The van der Waals surface area contributed by atoms with Gasteiger partial charge in [-0.2, -0.15) is 31.6 Å². The third kappa shape index (κ3) is 6.07. The molecule has 2 aromatic carbocycles. The van der Waals surface area contributed by atoms with Gasteiger partial charge in [0.25, 0.3) is 0 Å². The molecule has 1 atom stereocenters. The number of rotatable bonds is 4. The minimum Gasteiger partial charge on any atom is -0.329 e. The largest absolute Gasteiger partial charge is 0.419 e. The van der Waals surface area contributed by atoms with E-state index in [0.29, 0.717) is 12.1 Å². The highest BCUT2D eigenvalue weighted by atomic mass is 19.4. The Morgan fingerprint density at radius 3 is 2.23 bits per heavy atom. The van der Waals surface area contributed by atoms with Gasteiger partial charge in [-0.05, 0) is 41.5 Å². The fourth-order valence-electron chi connectivity index (χ4n) is 2.50. The average molecular weight is 437 g/mol. The molecule has 2 rings (SSSR count). The third-order valence-electron chi connectivity index (χ3n) is 3.74. The number of nitrogens with zero attached hydrogens (tertiary/aromatic N) is 1. The first-order chi connectivity index (χ1) is 13.8. The summed E-state index contributed by atoms with van der Waals surface area (Å²) in [6, 6.07) is 2.77. The summed E-state index contributed by atoms with van der Waals surface area (Å²) >= 11 is 0. The molecular formula is C18H11F8N3O. The normalized spacial score (nSPS) is 12.8. The minimum atomic E-state index is -5.11. The molecule has 0 heterocycles. The Labute approximate surface area is 164 Å². The van der Waals surface area contributed by atoms with E-state index in [0.717, 1.165) is 24.3 Å². The number of hydrogen-bond acceptors (Lipinski definition) is 2. The number of amides is 2. The molecule has 2 N–H and O–H groups in total. The molecule has 0 aromatic heterocycles. The van der Waals surface area contributed by atoms with Gasteiger partial charge in [-0.3, -0.25) is 0 Å². The standard InChI is InChI=1S/C18H11F8N3O/c19-12-4-9(7-27)3-11(5-12)15(29-16(30)28-8-17(21,22)23)10-1-2-14(20)13(6-10)18(24,25)26/h1-6,15H,8H2,(H2,28,29,30)/t15-/m1/s1. The molecule has 0 fully saturated rings. The second kappa shape index (κ2) is 8.56. The Morgan fingerprint density at radius 2 is 1.67 bits per heavy atom. The van der Waals surface area contributed by atoms with Crippen LogP contribution in [-0.2, 0) is 6.18 Å². The van der Waals surface area contributed by atoms with Crippen LogP contribution < -0.4 is 10.6 Å². The maximum atomic E-state index is 13.8. The highest BCUT2D eigenvalue weighted by Crippen LogP contribution is 2.34. The molecule has 0 aliphatic heterocycles. The predicted molar refractivity (Wildman–Crippen MR) is 86.9 cm³/mol. The number of nitrogens with one attached hydrogen (secondary N) is 2. The zero-order valence-electron chi connectivity index (χ0n) is 14.6. The van der Waals surface area contributed by atoms with E-state index in [2.05, 4.69) is 0 Å². The zero-order valence-corrected chi connectivity index (χ0v) is 14.6. The monoisotopic (exact) mass is 437 g/mol. The molecule has 0 aliphatic rings. The summed E-state index contributed by atoms with van der Waals surface area (Å²) in [5.41, 5.74) is -2.60. The average Bonchev–Trinajstić information content (AvgIpc) is 2.63. The van der Waals surface area contributed by atoms with Gasteiger partial charge in [0.15, 0.2) is 0 Å². The van der Waals surface area contributed by atoms with Crippen molar-refractivity contribution in [1.29, 1.82) is 5.26 Å². The molecule has 0 saturated heterocycles. The lowest BCUT2D eigenvalue weighted by Gasteiger charge is -2.22. The molecule has 30 heavy (non-hydrogen) atoms. The smallest absolute Gasteiger partial charge is 0.329 e. The summed E-state index contributed by atoms with van der Waals surface area (Å²) in [5.74, 6) is -2.60. The number of carbonyl (C=O) groups is 1. The Kier molecular flexibility index (Phi) is 6.54. The molecule has 0 saturated carbocycles. The summed E-state index contributed by atoms with van der Waals surface area (Å²) in [5, 5.41) is 12.4. The SMILES string of the molecule is N#Cc1cc(F)cc([C@H](NC(=O)NCC(F)(F)F)c2ccc(F)c(C(F)(F)F)c2)c1. The van der Waals surface area contributed by atoms with Crippen molar-refractivity contribution in [2.24, 2.45) is 0 Å². The van der Waals surface area contributed by atoms with Crippen molar-refractivity contribution >= 4 is 6.03 Å². The first-order valence-electron chi connectivity index (χ1n) is 7.98. The van der Waals surface area contributed by atoms with E-state index in [-0.39, 0.29) is 11.1 Å². The van der Waals surface area contributed by atoms with Crippen LogP contribution in [0.15, 0.2) is 36.4 Å². The van der Waals surface area contributed by atoms with Crippen LogP contribution >= 0.6 is 0 Å². The summed E-state index contributed by atoms with van der Waals surface area (Å²) in [6.45, 7) is -1.74. The van der Waals surface area contributed by atoms with Crippen LogP contribution in [0, 0.1) is 23.0 Å². The summed E-state index contributed by atoms with van der Waals surface area (Å²) < 4.78 is 103. The fourth-order valence-corrected chi connectivity index (χ4v) is 2.50. The third-order valence-corrected chi connectivity index (χ3v) is 3.74. The zero-order chi connectivity index (χ0) is 22.7. The molecule has 0 spiro atoms. The predicted octanol–water partition coefficient (Wildman–Crippen LogP) is 4.81. The second-order valence-electron chi connectivity index (χ2n) is 6.00. The highest BCUT2D eigenvalue weighted by Gasteiger charge is 2.35. The summed E-state index contributed by atoms with van der Waals surface area (Å²) in [7, 11) is 0. The lowest BCUT2D eigenvalue weighted by atomic mass is 9.95. The summed E-state index contributed by atoms with van der Waals surface area (Å²) in [6.07, 6.45) is -9.87. The van der Waals surface area contributed by atoms with Crippen molar-refractivity contribution in [1.82, 2.24) is 10.6 Å². The lowest BCUT2D eigenvalue weighted by molar-refractivity contribution is -0.140. The van der Waals surface area contributed by atoms with Gasteiger partial charge in [0.05, 0.1) is 23.2 Å². The van der Waals surface area contributed by atoms with E-state index in [1.165, 1.54) is 5.32 Å². The molecule has 0 bridgehead atoms. The van der Waals surface area contributed by atoms with Crippen molar-refractivity contribution in [3.05, 3.63) is 70.3 Å². The number of nitriles is 1. The van der Waals surface area contributed by atoms with Gasteiger partial charge in [0, 0.05) is 0 Å². The Balaban J connectivity index is 2.51. The van der Waals surface area contributed by atoms with Gasteiger partial charge in [-0.1, -0.05) is 6.07 Å². The van der Waals surface area contributed by atoms with Gasteiger partial charge < -0.3 is 10.6 Å². The van der Waals surface area contributed by atoms with Crippen molar-refractivity contribution in [2.75, 3.05) is 6.54 Å². The number of benzene rings is 2. The molecular weight excluding hydrogens is 426 g/mol. The Bertz CT molecular complexity index is 979. The van der Waals surface area contributed by atoms with Crippen LogP contribution in [0.25, 0.3) is 0 Å². The van der Waals surface area contributed by atoms with Gasteiger partial charge in [-0.15, -0.1) is 0 Å². The Morgan fingerprint density at radius 1 is 1.00 bits per heavy atom. The van der Waals surface area contributed by atoms with Gasteiger partial charge in [0.2, 0.25) is 0 Å². The fraction of sp³-hybridized carbons (Fsp3) is 0.222. The second-order valence-corrected chi connectivity index (χ2v) is 6.00. The minimum absolute atomic E-state index is 0.242. The van der Waals surface area contributed by atoms with Crippen LogP contribution in [0.2, 0.25) is 0 Å². The molecule has 0 radical (unpaired) electrons. The number of alkyl halides is 6.